The van der Waals surface area contributed by atoms with Gasteiger partial charge in [0.15, 0.2) is 17.1 Å². The molecule has 7 heteroatoms. The van der Waals surface area contributed by atoms with Gasteiger partial charge in [-0.25, -0.2) is 9.97 Å². The van der Waals surface area contributed by atoms with Crippen molar-refractivity contribution in [3.05, 3.63) is 18.5 Å². The third-order valence-electron chi connectivity index (χ3n) is 2.75. The summed E-state index contributed by atoms with van der Waals surface area (Å²) in [6.07, 6.45) is 1.44. The summed E-state index contributed by atoms with van der Waals surface area (Å²) in [5, 5.41) is 4.84. The van der Waals surface area contributed by atoms with Gasteiger partial charge in [0.25, 0.3) is 0 Å². The highest BCUT2D eigenvalue weighted by molar-refractivity contribution is 5.97. The first-order valence-corrected chi connectivity index (χ1v) is 5.02. The maximum Gasteiger partial charge on any atom is 0.231 e. The Morgan fingerprint density at radius 2 is 2.24 bits per heavy atom. The fourth-order valence-electron chi connectivity index (χ4n) is 2.00. The molecule has 1 aliphatic heterocycles. The van der Waals surface area contributed by atoms with Crippen molar-refractivity contribution in [2.24, 2.45) is 0 Å². The number of ether oxygens (including phenoxy) is 2. The lowest BCUT2D eigenvalue weighted by atomic mass is 10.2. The monoisotopic (exact) mass is 229 g/mol. The maximum absolute atomic E-state index is 5.81. The smallest absolute Gasteiger partial charge is 0.231 e. The van der Waals surface area contributed by atoms with Crippen molar-refractivity contribution in [1.82, 2.24) is 19.6 Å². The van der Waals surface area contributed by atoms with Crippen LogP contribution in [0.4, 0.5) is 5.95 Å². The predicted octanol–water partition coefficient (Wildman–Crippen LogP) is 0.588. The highest BCUT2D eigenvalue weighted by atomic mass is 16.7. The fraction of sp³-hybridized carbons (Fsp3) is 0.100. The van der Waals surface area contributed by atoms with Crippen molar-refractivity contribution >= 4 is 22.5 Å². The number of hydrogen-bond donors (Lipinski definition) is 1. The van der Waals surface area contributed by atoms with Crippen LogP contribution in [0.25, 0.3) is 16.6 Å². The van der Waals surface area contributed by atoms with Crippen LogP contribution in [0.1, 0.15) is 0 Å². The molecule has 4 rings (SSSR count). The molecule has 0 radical (unpaired) electrons. The number of benzene rings is 1. The molecule has 0 aliphatic carbocycles. The Kier molecular flexibility index (Phi) is 1.39. The van der Waals surface area contributed by atoms with Crippen LogP contribution < -0.4 is 15.2 Å². The number of nitrogens with two attached hydrogens (primary N) is 1. The van der Waals surface area contributed by atoms with E-state index in [2.05, 4.69) is 15.1 Å². The van der Waals surface area contributed by atoms with Crippen LogP contribution in [0, 0.1) is 0 Å². The van der Waals surface area contributed by atoms with Crippen LogP contribution in [0.15, 0.2) is 18.5 Å². The maximum atomic E-state index is 5.81. The second-order valence-electron chi connectivity index (χ2n) is 3.66. The molecule has 3 heterocycles. The van der Waals surface area contributed by atoms with E-state index in [1.807, 2.05) is 12.1 Å². The number of rotatable bonds is 0. The molecule has 0 unspecified atom stereocenters. The standard InChI is InChI=1S/C10H7N5O2/c11-10-14-7-5(9-12-3-13-15(9)10)1-2-6-8(7)17-4-16-6/h1-3H,4H2,(H2,11,14). The van der Waals surface area contributed by atoms with Crippen LogP contribution in [0.2, 0.25) is 0 Å². The van der Waals surface area contributed by atoms with Gasteiger partial charge in [0, 0.05) is 5.39 Å². The zero-order valence-electron chi connectivity index (χ0n) is 8.62. The average Bonchev–Trinajstić information content (AvgIpc) is 2.97. The molecule has 84 valence electrons. The Balaban J connectivity index is 2.26. The van der Waals surface area contributed by atoms with Gasteiger partial charge in [-0.15, -0.1) is 0 Å². The molecule has 17 heavy (non-hydrogen) atoms. The quantitative estimate of drug-likeness (QED) is 0.607. The topological polar surface area (TPSA) is 87.6 Å². The number of nitrogens with zero attached hydrogens (tertiary/aromatic N) is 4. The second kappa shape index (κ2) is 2.76. The molecule has 0 saturated heterocycles. The minimum Gasteiger partial charge on any atom is -0.454 e. The van der Waals surface area contributed by atoms with Gasteiger partial charge in [-0.3, -0.25) is 0 Å². The molecule has 0 fully saturated rings. The zero-order valence-corrected chi connectivity index (χ0v) is 8.62. The number of aromatic nitrogens is 4. The van der Waals surface area contributed by atoms with Crippen LogP contribution in [-0.2, 0) is 0 Å². The number of anilines is 1. The first kappa shape index (κ1) is 8.57. The van der Waals surface area contributed by atoms with E-state index in [0.717, 1.165) is 5.39 Å². The molecule has 0 spiro atoms. The highest BCUT2D eigenvalue weighted by Crippen LogP contribution is 2.39. The van der Waals surface area contributed by atoms with Crippen molar-refractivity contribution in [2.45, 2.75) is 0 Å². The minimum absolute atomic E-state index is 0.202. The van der Waals surface area contributed by atoms with Gasteiger partial charge >= 0.3 is 0 Å². The lowest BCUT2D eigenvalue weighted by Crippen LogP contribution is -2.03. The van der Waals surface area contributed by atoms with Crippen molar-refractivity contribution < 1.29 is 9.47 Å². The van der Waals surface area contributed by atoms with Crippen molar-refractivity contribution in [3.63, 3.8) is 0 Å². The Morgan fingerprint density at radius 1 is 1.29 bits per heavy atom. The molecular formula is C10H7N5O2. The lowest BCUT2D eigenvalue weighted by molar-refractivity contribution is 0.174. The first-order valence-electron chi connectivity index (χ1n) is 5.02. The van der Waals surface area contributed by atoms with E-state index < -0.39 is 0 Å². The summed E-state index contributed by atoms with van der Waals surface area (Å²) in [6.45, 7) is 0.202. The Labute approximate surface area is 94.8 Å². The summed E-state index contributed by atoms with van der Waals surface area (Å²) in [7, 11) is 0. The van der Waals surface area contributed by atoms with Gasteiger partial charge in [-0.2, -0.15) is 9.61 Å². The summed E-state index contributed by atoms with van der Waals surface area (Å²) in [4.78, 5) is 8.45. The van der Waals surface area contributed by atoms with E-state index in [1.54, 1.807) is 0 Å². The first-order chi connectivity index (χ1) is 8.34. The van der Waals surface area contributed by atoms with Crippen molar-refractivity contribution in [2.75, 3.05) is 12.5 Å². The minimum atomic E-state index is 0.202. The van der Waals surface area contributed by atoms with E-state index in [-0.39, 0.29) is 12.7 Å². The normalized spacial score (nSPS) is 13.6. The molecule has 2 aromatic heterocycles. The molecule has 0 saturated carbocycles. The van der Waals surface area contributed by atoms with Gasteiger partial charge in [0.1, 0.15) is 11.8 Å². The fourth-order valence-corrected chi connectivity index (χ4v) is 2.00. The molecule has 3 aromatic rings. The van der Waals surface area contributed by atoms with Gasteiger partial charge in [0.2, 0.25) is 12.7 Å². The van der Waals surface area contributed by atoms with E-state index in [0.29, 0.717) is 22.7 Å². The van der Waals surface area contributed by atoms with Crippen LogP contribution in [0.5, 0.6) is 11.5 Å². The third-order valence-corrected chi connectivity index (χ3v) is 2.75. The van der Waals surface area contributed by atoms with Gasteiger partial charge in [-0.1, -0.05) is 0 Å². The van der Waals surface area contributed by atoms with E-state index in [9.17, 15) is 0 Å². The molecular weight excluding hydrogens is 222 g/mol. The summed E-state index contributed by atoms with van der Waals surface area (Å²) < 4.78 is 12.2. The molecule has 0 atom stereocenters. The summed E-state index contributed by atoms with van der Waals surface area (Å²) in [5.41, 5.74) is 7.12. The van der Waals surface area contributed by atoms with E-state index in [1.165, 1.54) is 10.8 Å². The molecule has 1 aromatic carbocycles. The van der Waals surface area contributed by atoms with Crippen molar-refractivity contribution in [3.8, 4) is 11.5 Å². The molecule has 2 N–H and O–H groups in total. The van der Waals surface area contributed by atoms with E-state index >= 15 is 0 Å². The van der Waals surface area contributed by atoms with Gasteiger partial charge < -0.3 is 15.2 Å². The molecule has 1 aliphatic rings. The predicted molar refractivity (Wildman–Crippen MR) is 58.8 cm³/mol. The number of fused-ring (bicyclic) bond motifs is 5. The average molecular weight is 229 g/mol. The summed E-state index contributed by atoms with van der Waals surface area (Å²) in [6, 6.07) is 3.70. The SMILES string of the molecule is Nc1nc2c3c(ccc2c2ncnn12)OCO3. The summed E-state index contributed by atoms with van der Waals surface area (Å²) >= 11 is 0. The Bertz CT molecular complexity index is 751. The lowest BCUT2D eigenvalue weighted by Gasteiger charge is -2.04. The number of nitrogen functional groups attached to an aromatic ring is 1. The van der Waals surface area contributed by atoms with Gasteiger partial charge in [0.05, 0.1) is 0 Å². The molecule has 0 bridgehead atoms. The number of hydrogen-bond acceptors (Lipinski definition) is 6. The highest BCUT2D eigenvalue weighted by Gasteiger charge is 2.20. The second-order valence-corrected chi connectivity index (χ2v) is 3.66. The zero-order chi connectivity index (χ0) is 11.4. The Morgan fingerprint density at radius 3 is 3.18 bits per heavy atom. The van der Waals surface area contributed by atoms with Crippen molar-refractivity contribution in [1.29, 1.82) is 0 Å². The van der Waals surface area contributed by atoms with E-state index in [4.69, 9.17) is 15.2 Å². The molecule has 7 nitrogen and oxygen atoms in total. The van der Waals surface area contributed by atoms with Crippen LogP contribution in [-0.4, -0.2) is 26.4 Å². The summed E-state index contributed by atoms with van der Waals surface area (Å²) in [5.74, 6) is 1.56. The molecule has 0 amide bonds. The van der Waals surface area contributed by atoms with Crippen LogP contribution in [0.3, 0.4) is 0 Å². The Hall–Kier alpha value is -2.57. The largest absolute Gasteiger partial charge is 0.454 e. The van der Waals surface area contributed by atoms with Crippen LogP contribution >= 0.6 is 0 Å². The third kappa shape index (κ3) is 0.975. The van der Waals surface area contributed by atoms with Gasteiger partial charge in [-0.05, 0) is 12.1 Å².